The number of benzene rings is 2. The average Bonchev–Trinajstić information content (AvgIpc) is 2.71. The Labute approximate surface area is 171 Å². The molecule has 0 atom stereocenters. The van der Waals surface area contributed by atoms with Crippen molar-refractivity contribution in [3.8, 4) is 0 Å². The Morgan fingerprint density at radius 1 is 0.897 bits per heavy atom. The molecule has 0 bridgehead atoms. The molecule has 2 rings (SSSR count). The summed E-state index contributed by atoms with van der Waals surface area (Å²) in [7, 11) is 0. The van der Waals surface area contributed by atoms with Gasteiger partial charge in [-0.15, -0.1) is 0 Å². The van der Waals surface area contributed by atoms with E-state index in [1.165, 1.54) is 6.92 Å². The van der Waals surface area contributed by atoms with Gasteiger partial charge in [0.25, 0.3) is 5.91 Å². The molecule has 0 radical (unpaired) electrons. The summed E-state index contributed by atoms with van der Waals surface area (Å²) in [6, 6.07) is 13.2. The fraction of sp³-hybridized carbons (Fsp3) is 0.318. The molecule has 0 aliphatic rings. The second-order valence-corrected chi connectivity index (χ2v) is 6.46. The second-order valence-electron chi connectivity index (χ2n) is 6.46. The van der Waals surface area contributed by atoms with Crippen LogP contribution in [0.1, 0.15) is 41.5 Å². The summed E-state index contributed by atoms with van der Waals surface area (Å²) in [5.74, 6) is -0.910. The van der Waals surface area contributed by atoms with E-state index in [1.54, 1.807) is 48.5 Å². The Bertz CT molecular complexity index is 845. The van der Waals surface area contributed by atoms with Crippen LogP contribution in [0.4, 0.5) is 11.4 Å². The standard InChI is InChI=1S/C22H27N3O4/c1-4-25(5-2)13-14-29-22(28)17-9-11-19(12-10-17)24-21(27)18-7-6-8-20(15-18)23-16(3)26/h6-12,15H,4-5,13-14H2,1-3H3,(H,23,26)(H,24,27). The Morgan fingerprint density at radius 3 is 2.21 bits per heavy atom. The van der Waals surface area contributed by atoms with Crippen LogP contribution in [0, 0.1) is 0 Å². The molecule has 0 spiro atoms. The van der Waals surface area contributed by atoms with E-state index in [0.29, 0.717) is 35.7 Å². The van der Waals surface area contributed by atoms with E-state index in [-0.39, 0.29) is 11.8 Å². The van der Waals surface area contributed by atoms with Crippen molar-refractivity contribution in [2.24, 2.45) is 0 Å². The van der Waals surface area contributed by atoms with E-state index in [1.807, 2.05) is 0 Å². The molecule has 0 aliphatic heterocycles. The second kappa shape index (κ2) is 11.0. The molecule has 29 heavy (non-hydrogen) atoms. The Balaban J connectivity index is 1.92. The number of rotatable bonds is 9. The van der Waals surface area contributed by atoms with Gasteiger partial charge in [0.15, 0.2) is 0 Å². The third-order valence-electron chi connectivity index (χ3n) is 4.36. The minimum Gasteiger partial charge on any atom is -0.461 e. The Kier molecular flexibility index (Phi) is 8.36. The van der Waals surface area contributed by atoms with Crippen LogP contribution in [0.5, 0.6) is 0 Å². The van der Waals surface area contributed by atoms with Crippen molar-refractivity contribution >= 4 is 29.2 Å². The molecule has 0 aromatic heterocycles. The molecule has 0 aliphatic carbocycles. The van der Waals surface area contributed by atoms with Crippen molar-refractivity contribution in [2.45, 2.75) is 20.8 Å². The van der Waals surface area contributed by atoms with E-state index in [9.17, 15) is 14.4 Å². The number of esters is 1. The quantitative estimate of drug-likeness (QED) is 0.633. The van der Waals surface area contributed by atoms with Gasteiger partial charge in [0.05, 0.1) is 5.56 Å². The highest BCUT2D eigenvalue weighted by Gasteiger charge is 2.10. The lowest BCUT2D eigenvalue weighted by Crippen LogP contribution is -2.27. The highest BCUT2D eigenvalue weighted by atomic mass is 16.5. The van der Waals surface area contributed by atoms with E-state index < -0.39 is 5.97 Å². The van der Waals surface area contributed by atoms with Gasteiger partial charge in [-0.1, -0.05) is 19.9 Å². The van der Waals surface area contributed by atoms with Gasteiger partial charge in [0.1, 0.15) is 6.61 Å². The lowest BCUT2D eigenvalue weighted by Gasteiger charge is -2.17. The van der Waals surface area contributed by atoms with E-state index in [4.69, 9.17) is 4.74 Å². The molecule has 0 saturated heterocycles. The summed E-state index contributed by atoms with van der Waals surface area (Å²) in [6.45, 7) is 8.40. The minimum atomic E-state index is -0.391. The van der Waals surface area contributed by atoms with Gasteiger partial charge in [-0.3, -0.25) is 9.59 Å². The summed E-state index contributed by atoms with van der Waals surface area (Å²) < 4.78 is 5.29. The molecular weight excluding hydrogens is 370 g/mol. The van der Waals surface area contributed by atoms with Crippen LogP contribution in [0.15, 0.2) is 48.5 Å². The summed E-state index contributed by atoms with van der Waals surface area (Å²) >= 11 is 0. The number of amides is 2. The fourth-order valence-corrected chi connectivity index (χ4v) is 2.72. The van der Waals surface area contributed by atoms with Crippen LogP contribution >= 0.6 is 0 Å². The van der Waals surface area contributed by atoms with Crippen LogP contribution in [-0.2, 0) is 9.53 Å². The van der Waals surface area contributed by atoms with Crippen molar-refractivity contribution < 1.29 is 19.1 Å². The lowest BCUT2D eigenvalue weighted by molar-refractivity contribution is -0.114. The molecule has 0 unspecified atom stereocenters. The van der Waals surface area contributed by atoms with Crippen LogP contribution in [0.2, 0.25) is 0 Å². The average molecular weight is 397 g/mol. The van der Waals surface area contributed by atoms with Crippen molar-refractivity contribution in [3.05, 3.63) is 59.7 Å². The Hall–Kier alpha value is -3.19. The van der Waals surface area contributed by atoms with Crippen molar-refractivity contribution in [1.82, 2.24) is 4.90 Å². The summed E-state index contributed by atoms with van der Waals surface area (Å²) in [6.07, 6.45) is 0. The molecular formula is C22H27N3O4. The van der Waals surface area contributed by atoms with E-state index in [0.717, 1.165) is 13.1 Å². The first kappa shape index (κ1) is 22.1. The van der Waals surface area contributed by atoms with Crippen LogP contribution in [0.25, 0.3) is 0 Å². The Morgan fingerprint density at radius 2 is 1.59 bits per heavy atom. The maximum atomic E-state index is 12.4. The van der Waals surface area contributed by atoms with Crippen molar-refractivity contribution in [3.63, 3.8) is 0 Å². The number of nitrogens with one attached hydrogen (secondary N) is 2. The molecule has 0 saturated carbocycles. The monoisotopic (exact) mass is 397 g/mol. The zero-order valence-corrected chi connectivity index (χ0v) is 17.0. The van der Waals surface area contributed by atoms with Gasteiger partial charge >= 0.3 is 5.97 Å². The summed E-state index contributed by atoms with van der Waals surface area (Å²) in [5, 5.41) is 5.41. The highest BCUT2D eigenvalue weighted by Crippen LogP contribution is 2.15. The number of hydrogen-bond acceptors (Lipinski definition) is 5. The van der Waals surface area contributed by atoms with Gasteiger partial charge < -0.3 is 20.3 Å². The van der Waals surface area contributed by atoms with Crippen molar-refractivity contribution in [2.75, 3.05) is 36.9 Å². The third-order valence-corrected chi connectivity index (χ3v) is 4.36. The van der Waals surface area contributed by atoms with Gasteiger partial charge in [-0.2, -0.15) is 0 Å². The van der Waals surface area contributed by atoms with Gasteiger partial charge in [-0.25, -0.2) is 4.79 Å². The summed E-state index contributed by atoms with van der Waals surface area (Å²) in [4.78, 5) is 37.9. The van der Waals surface area contributed by atoms with Crippen LogP contribution in [0.3, 0.4) is 0 Å². The first-order chi connectivity index (χ1) is 13.9. The van der Waals surface area contributed by atoms with Gasteiger partial charge in [0, 0.05) is 30.4 Å². The molecule has 2 N–H and O–H groups in total. The number of hydrogen-bond donors (Lipinski definition) is 2. The fourth-order valence-electron chi connectivity index (χ4n) is 2.72. The van der Waals surface area contributed by atoms with Crippen LogP contribution in [-0.4, -0.2) is 48.9 Å². The summed E-state index contributed by atoms with van der Waals surface area (Å²) in [5.41, 5.74) is 1.94. The molecule has 7 heteroatoms. The zero-order chi connectivity index (χ0) is 21.2. The SMILES string of the molecule is CCN(CC)CCOC(=O)c1ccc(NC(=O)c2cccc(NC(C)=O)c2)cc1. The molecule has 0 fully saturated rings. The van der Waals surface area contributed by atoms with Gasteiger partial charge in [0.2, 0.25) is 5.91 Å². The highest BCUT2D eigenvalue weighted by molar-refractivity contribution is 6.05. The number of anilines is 2. The number of ether oxygens (including phenoxy) is 1. The molecule has 7 nitrogen and oxygen atoms in total. The van der Waals surface area contributed by atoms with E-state index >= 15 is 0 Å². The largest absolute Gasteiger partial charge is 0.461 e. The number of carbonyl (C=O) groups excluding carboxylic acids is 3. The molecule has 0 heterocycles. The molecule has 2 aromatic carbocycles. The number of likely N-dealkylation sites (N-methyl/N-ethyl adjacent to an activating group) is 1. The van der Waals surface area contributed by atoms with Gasteiger partial charge in [-0.05, 0) is 55.6 Å². The number of nitrogens with zero attached hydrogens (tertiary/aromatic N) is 1. The minimum absolute atomic E-state index is 0.206. The predicted molar refractivity (Wildman–Crippen MR) is 113 cm³/mol. The molecule has 2 aromatic rings. The molecule has 2 amide bonds. The zero-order valence-electron chi connectivity index (χ0n) is 17.0. The first-order valence-corrected chi connectivity index (χ1v) is 9.61. The normalized spacial score (nSPS) is 10.5. The topological polar surface area (TPSA) is 87.7 Å². The predicted octanol–water partition coefficient (Wildman–Crippen LogP) is 3.40. The van der Waals surface area contributed by atoms with E-state index in [2.05, 4.69) is 29.4 Å². The maximum Gasteiger partial charge on any atom is 0.338 e. The van der Waals surface area contributed by atoms with Crippen molar-refractivity contribution in [1.29, 1.82) is 0 Å². The van der Waals surface area contributed by atoms with Crippen LogP contribution < -0.4 is 10.6 Å². The molecule has 154 valence electrons. The smallest absolute Gasteiger partial charge is 0.338 e. The number of carbonyl (C=O) groups is 3. The first-order valence-electron chi connectivity index (χ1n) is 9.61. The maximum absolute atomic E-state index is 12.4. The third kappa shape index (κ3) is 7.04. The lowest BCUT2D eigenvalue weighted by atomic mass is 10.1.